The third kappa shape index (κ3) is 5.76. The van der Waals surface area contributed by atoms with Crippen LogP contribution in [0.5, 0.6) is 0 Å². The number of rotatable bonds is 6. The summed E-state index contributed by atoms with van der Waals surface area (Å²) in [6.45, 7) is 4.83. The average molecular weight is 680 g/mol. The Kier molecular flexibility index (Phi) is 8.54. The highest BCUT2D eigenvalue weighted by Crippen LogP contribution is 2.51. The minimum Gasteiger partial charge on any atom is -0.309 e. The summed E-state index contributed by atoms with van der Waals surface area (Å²) < 4.78 is 0. The topological polar surface area (TPSA) is 3.24 Å². The first-order chi connectivity index (χ1) is 26.2. The van der Waals surface area contributed by atoms with Gasteiger partial charge in [-0.1, -0.05) is 183 Å². The number of fused-ring (bicyclic) bond motifs is 4. The SMILES string of the molecule is C=C1/C=C\CCCC(c2ccccc2)(c2ccccc2)c2cccc(N(c3ccc(-c4ccccc4)cc3)c3cccc4ccc5ccccc5c34)c21. The number of anilines is 3. The Morgan fingerprint density at radius 2 is 1.08 bits per heavy atom. The van der Waals surface area contributed by atoms with Crippen LogP contribution >= 0.6 is 0 Å². The molecule has 0 saturated carbocycles. The average Bonchev–Trinajstić information content (AvgIpc) is 3.30. The van der Waals surface area contributed by atoms with Crippen molar-refractivity contribution < 1.29 is 0 Å². The van der Waals surface area contributed by atoms with E-state index in [2.05, 4.69) is 205 Å². The van der Waals surface area contributed by atoms with Crippen molar-refractivity contribution >= 4 is 44.2 Å². The zero-order valence-corrected chi connectivity index (χ0v) is 29.8. The molecule has 0 amide bonds. The van der Waals surface area contributed by atoms with Gasteiger partial charge in [0.2, 0.25) is 0 Å². The van der Waals surface area contributed by atoms with E-state index in [-0.39, 0.29) is 0 Å². The second-order valence-corrected chi connectivity index (χ2v) is 14.1. The van der Waals surface area contributed by atoms with E-state index >= 15 is 0 Å². The predicted octanol–water partition coefficient (Wildman–Crippen LogP) is 14.2. The van der Waals surface area contributed by atoms with Gasteiger partial charge in [-0.2, -0.15) is 0 Å². The van der Waals surface area contributed by atoms with E-state index in [0.717, 1.165) is 41.9 Å². The zero-order chi connectivity index (χ0) is 35.6. The van der Waals surface area contributed by atoms with Gasteiger partial charge in [0.1, 0.15) is 0 Å². The van der Waals surface area contributed by atoms with Gasteiger partial charge in [0.25, 0.3) is 0 Å². The molecular weight excluding hydrogens is 639 g/mol. The van der Waals surface area contributed by atoms with E-state index < -0.39 is 5.41 Å². The summed E-state index contributed by atoms with van der Waals surface area (Å²) in [6.07, 6.45) is 7.59. The highest BCUT2D eigenvalue weighted by molar-refractivity contribution is 6.15. The second kappa shape index (κ2) is 13.9. The maximum Gasteiger partial charge on any atom is 0.0546 e. The molecule has 0 unspecified atom stereocenters. The van der Waals surface area contributed by atoms with Crippen LogP contribution in [0.1, 0.15) is 41.5 Å². The molecule has 1 aliphatic rings. The van der Waals surface area contributed by atoms with Crippen LogP contribution in [0.15, 0.2) is 207 Å². The Morgan fingerprint density at radius 1 is 0.491 bits per heavy atom. The summed E-state index contributed by atoms with van der Waals surface area (Å²) in [4.78, 5) is 2.49. The van der Waals surface area contributed by atoms with E-state index in [1.807, 2.05) is 0 Å². The largest absolute Gasteiger partial charge is 0.309 e. The van der Waals surface area contributed by atoms with E-state index in [9.17, 15) is 0 Å². The van der Waals surface area contributed by atoms with Gasteiger partial charge in [-0.15, -0.1) is 0 Å². The van der Waals surface area contributed by atoms with Gasteiger partial charge in [0.15, 0.2) is 0 Å². The molecule has 0 aliphatic heterocycles. The Morgan fingerprint density at radius 3 is 1.81 bits per heavy atom. The second-order valence-electron chi connectivity index (χ2n) is 14.1. The summed E-state index contributed by atoms with van der Waals surface area (Å²) in [5.41, 5.74) is 11.4. The molecule has 0 heterocycles. The Balaban J connectivity index is 1.38. The molecule has 1 aliphatic carbocycles. The lowest BCUT2D eigenvalue weighted by atomic mass is 9.65. The summed E-state index contributed by atoms with van der Waals surface area (Å²) in [5.74, 6) is 0. The van der Waals surface area contributed by atoms with Gasteiger partial charge >= 0.3 is 0 Å². The molecule has 9 rings (SSSR count). The van der Waals surface area contributed by atoms with Crippen molar-refractivity contribution in [2.24, 2.45) is 0 Å². The molecule has 8 aromatic rings. The first-order valence-corrected chi connectivity index (χ1v) is 18.7. The van der Waals surface area contributed by atoms with Crippen LogP contribution in [0.25, 0.3) is 38.2 Å². The molecule has 0 atom stereocenters. The molecule has 53 heavy (non-hydrogen) atoms. The van der Waals surface area contributed by atoms with Gasteiger partial charge in [-0.3, -0.25) is 0 Å². The number of hydrogen-bond acceptors (Lipinski definition) is 1. The molecular formula is C52H41N. The van der Waals surface area contributed by atoms with Gasteiger partial charge in [0, 0.05) is 22.1 Å². The van der Waals surface area contributed by atoms with E-state index in [1.165, 1.54) is 54.9 Å². The third-order valence-electron chi connectivity index (χ3n) is 11.1. The highest BCUT2D eigenvalue weighted by Gasteiger charge is 2.39. The Labute approximate surface area is 312 Å². The first kappa shape index (κ1) is 32.5. The molecule has 0 bridgehead atoms. The fourth-order valence-electron chi connectivity index (χ4n) is 8.63. The number of hydrogen-bond donors (Lipinski definition) is 0. The van der Waals surface area contributed by atoms with Crippen molar-refractivity contribution in [3.05, 3.63) is 229 Å². The van der Waals surface area contributed by atoms with Crippen molar-refractivity contribution in [1.82, 2.24) is 0 Å². The maximum absolute atomic E-state index is 4.83. The number of nitrogens with zero attached hydrogens (tertiary/aromatic N) is 1. The fourth-order valence-corrected chi connectivity index (χ4v) is 8.63. The minimum absolute atomic E-state index is 0.392. The smallest absolute Gasteiger partial charge is 0.0546 e. The van der Waals surface area contributed by atoms with Gasteiger partial charge in [-0.05, 0) is 93.1 Å². The van der Waals surface area contributed by atoms with Crippen LogP contribution in [-0.4, -0.2) is 0 Å². The van der Waals surface area contributed by atoms with Gasteiger partial charge in [-0.25, -0.2) is 0 Å². The number of benzene rings is 8. The maximum atomic E-state index is 4.83. The standard InChI is InChI=1S/C52H41N/c1-38-18-6-5-15-37-52(43-23-9-3-10-24-43,44-25-11-4-12-26-44)47-28-17-30-48(50(38)47)53(45-35-33-40(34-36-45)39-19-7-2-8-20-39)49-29-16-22-42-32-31-41-21-13-14-27-46(41)51(42)49/h2-4,6-14,16-36H,1,5,15,37H2/b18-6-. The quantitative estimate of drug-likeness (QED) is 0.158. The number of allylic oxidation sites excluding steroid dienone is 3. The Bertz CT molecular complexity index is 2540. The van der Waals surface area contributed by atoms with E-state index in [0.29, 0.717) is 0 Å². The Hall–Kier alpha value is -6.44. The minimum atomic E-state index is -0.392. The van der Waals surface area contributed by atoms with E-state index in [4.69, 9.17) is 6.58 Å². The lowest BCUT2D eigenvalue weighted by Gasteiger charge is -2.39. The molecule has 0 aromatic heterocycles. The fraction of sp³-hybridized carbons (Fsp3) is 0.0769. The van der Waals surface area contributed by atoms with Crippen LogP contribution in [0.3, 0.4) is 0 Å². The lowest BCUT2D eigenvalue weighted by molar-refractivity contribution is 0.536. The summed E-state index contributed by atoms with van der Waals surface area (Å²) in [6, 6.07) is 68.8. The van der Waals surface area contributed by atoms with Gasteiger partial charge < -0.3 is 4.90 Å². The van der Waals surface area contributed by atoms with Crippen LogP contribution in [-0.2, 0) is 5.41 Å². The van der Waals surface area contributed by atoms with Crippen molar-refractivity contribution in [2.75, 3.05) is 4.90 Å². The van der Waals surface area contributed by atoms with Crippen LogP contribution in [0.2, 0.25) is 0 Å². The molecule has 0 radical (unpaired) electrons. The van der Waals surface area contributed by atoms with Gasteiger partial charge in [0.05, 0.1) is 11.4 Å². The first-order valence-electron chi connectivity index (χ1n) is 18.7. The molecule has 8 aromatic carbocycles. The van der Waals surface area contributed by atoms with Crippen LogP contribution in [0, 0.1) is 0 Å². The highest BCUT2D eigenvalue weighted by atomic mass is 15.1. The third-order valence-corrected chi connectivity index (χ3v) is 11.1. The summed E-state index contributed by atoms with van der Waals surface area (Å²) in [5, 5.41) is 4.91. The summed E-state index contributed by atoms with van der Waals surface area (Å²) in [7, 11) is 0. The molecule has 1 heteroatoms. The van der Waals surface area contributed by atoms with Crippen molar-refractivity contribution in [3.63, 3.8) is 0 Å². The molecule has 254 valence electrons. The van der Waals surface area contributed by atoms with Crippen LogP contribution in [0.4, 0.5) is 17.1 Å². The summed E-state index contributed by atoms with van der Waals surface area (Å²) >= 11 is 0. The molecule has 0 saturated heterocycles. The molecule has 1 nitrogen and oxygen atoms in total. The zero-order valence-electron chi connectivity index (χ0n) is 29.8. The molecule has 0 fully saturated rings. The molecule has 0 spiro atoms. The lowest BCUT2D eigenvalue weighted by Crippen LogP contribution is -2.31. The van der Waals surface area contributed by atoms with E-state index in [1.54, 1.807) is 0 Å². The van der Waals surface area contributed by atoms with Crippen molar-refractivity contribution in [3.8, 4) is 11.1 Å². The normalized spacial score (nSPS) is 14.5. The van der Waals surface area contributed by atoms with Crippen molar-refractivity contribution in [2.45, 2.75) is 24.7 Å². The van der Waals surface area contributed by atoms with Crippen molar-refractivity contribution in [1.29, 1.82) is 0 Å². The molecule has 0 N–H and O–H groups in total. The monoisotopic (exact) mass is 679 g/mol. The predicted molar refractivity (Wildman–Crippen MR) is 226 cm³/mol. The van der Waals surface area contributed by atoms with Crippen LogP contribution < -0.4 is 4.90 Å².